The van der Waals surface area contributed by atoms with Crippen molar-refractivity contribution in [3.63, 3.8) is 0 Å². The number of para-hydroxylation sites is 1. The van der Waals surface area contributed by atoms with Gasteiger partial charge in [-0.15, -0.1) is 0 Å². The number of carbonyl (C=O) groups is 1. The predicted molar refractivity (Wildman–Crippen MR) is 107 cm³/mol. The van der Waals surface area contributed by atoms with Gasteiger partial charge in [0.05, 0.1) is 22.9 Å². The molecule has 0 unspecified atom stereocenters. The van der Waals surface area contributed by atoms with Crippen LogP contribution in [0.3, 0.4) is 0 Å². The lowest BCUT2D eigenvalue weighted by Crippen LogP contribution is -2.14. The minimum Gasteiger partial charge on any atom is -0.508 e. The monoisotopic (exact) mass is 359 g/mol. The molecule has 3 aromatic rings. The lowest BCUT2D eigenvalue weighted by atomic mass is 10.0. The molecule has 0 atom stereocenters. The van der Waals surface area contributed by atoms with Gasteiger partial charge in [0, 0.05) is 5.39 Å². The summed E-state index contributed by atoms with van der Waals surface area (Å²) in [5, 5.41) is 10.3. The van der Waals surface area contributed by atoms with E-state index in [0.29, 0.717) is 5.56 Å². The Labute approximate surface area is 158 Å². The van der Waals surface area contributed by atoms with Gasteiger partial charge in [-0.2, -0.15) is 0 Å². The van der Waals surface area contributed by atoms with Crippen molar-refractivity contribution in [2.75, 3.05) is 0 Å². The molecular weight excluding hydrogens is 338 g/mol. The number of hydrogen-bond acceptors (Lipinski definition) is 4. The van der Waals surface area contributed by atoms with Gasteiger partial charge in [-0.3, -0.25) is 0 Å². The Balaban J connectivity index is 1.87. The van der Waals surface area contributed by atoms with Gasteiger partial charge in [-0.05, 0) is 67.7 Å². The van der Waals surface area contributed by atoms with E-state index in [1.165, 1.54) is 0 Å². The summed E-state index contributed by atoms with van der Waals surface area (Å²) in [5.41, 5.74) is 5.36. The quantitative estimate of drug-likeness (QED) is 0.669. The molecule has 1 aliphatic rings. The highest BCUT2D eigenvalue weighted by Gasteiger charge is 2.27. The van der Waals surface area contributed by atoms with E-state index in [1.54, 1.807) is 12.1 Å². The normalized spacial score (nSPS) is 14.7. The fourth-order valence-corrected chi connectivity index (χ4v) is 3.56. The molecule has 0 radical (unpaired) electrons. The highest BCUT2D eigenvalue weighted by atomic mass is 16.5. The second-order valence-corrected chi connectivity index (χ2v) is 7.05. The highest BCUT2D eigenvalue weighted by Crippen LogP contribution is 2.38. The van der Waals surface area contributed by atoms with Crippen LogP contribution in [0.4, 0.5) is 0 Å². The standard InChI is InChI=1S/C23H21NO3/c1-14(2)27-23(26)21-18-5-3-4-6-20(18)24-22-16(9-12-19(21)22)13-15-7-10-17(25)11-8-15/h3-8,10-11,13-14,25H,9,12H2,1-2H3. The zero-order valence-corrected chi connectivity index (χ0v) is 15.4. The van der Waals surface area contributed by atoms with Crippen LogP contribution >= 0.6 is 0 Å². The van der Waals surface area contributed by atoms with Crippen LogP contribution in [-0.4, -0.2) is 22.2 Å². The number of nitrogens with zero attached hydrogens (tertiary/aromatic N) is 1. The Bertz CT molecular complexity index is 1050. The van der Waals surface area contributed by atoms with Gasteiger partial charge >= 0.3 is 5.97 Å². The molecule has 1 aliphatic carbocycles. The van der Waals surface area contributed by atoms with E-state index in [-0.39, 0.29) is 17.8 Å². The van der Waals surface area contributed by atoms with E-state index in [9.17, 15) is 9.90 Å². The molecule has 2 aromatic carbocycles. The molecule has 0 spiro atoms. The molecule has 0 aliphatic heterocycles. The third-order valence-electron chi connectivity index (χ3n) is 4.72. The third-order valence-corrected chi connectivity index (χ3v) is 4.72. The molecule has 4 heteroatoms. The number of allylic oxidation sites excluding steroid dienone is 1. The van der Waals surface area contributed by atoms with Gasteiger partial charge in [0.15, 0.2) is 0 Å². The van der Waals surface area contributed by atoms with Crippen LogP contribution in [0, 0.1) is 0 Å². The smallest absolute Gasteiger partial charge is 0.339 e. The molecule has 1 N–H and O–H groups in total. The van der Waals surface area contributed by atoms with Crippen molar-refractivity contribution >= 4 is 28.5 Å². The van der Waals surface area contributed by atoms with E-state index in [4.69, 9.17) is 9.72 Å². The summed E-state index contributed by atoms with van der Waals surface area (Å²) in [6.45, 7) is 3.72. The van der Waals surface area contributed by atoms with Crippen molar-refractivity contribution in [2.24, 2.45) is 0 Å². The molecule has 0 saturated heterocycles. The number of hydrogen-bond donors (Lipinski definition) is 1. The number of aromatic hydroxyl groups is 1. The molecular formula is C23H21NO3. The number of phenolic OH excluding ortho intramolecular Hbond substituents is 1. The van der Waals surface area contributed by atoms with Crippen molar-refractivity contribution in [2.45, 2.75) is 32.8 Å². The molecule has 1 heterocycles. The molecule has 0 fully saturated rings. The van der Waals surface area contributed by atoms with Crippen LogP contribution in [0.15, 0.2) is 48.5 Å². The average Bonchev–Trinajstić information content (AvgIpc) is 3.03. The van der Waals surface area contributed by atoms with Gasteiger partial charge in [-0.25, -0.2) is 9.78 Å². The largest absolute Gasteiger partial charge is 0.508 e. The summed E-state index contributed by atoms with van der Waals surface area (Å²) in [6.07, 6.45) is 3.49. The van der Waals surface area contributed by atoms with Crippen molar-refractivity contribution < 1.29 is 14.6 Å². The number of rotatable bonds is 3. The Kier molecular flexibility index (Phi) is 4.40. The van der Waals surface area contributed by atoms with Crippen molar-refractivity contribution in [1.82, 2.24) is 4.98 Å². The lowest BCUT2D eigenvalue weighted by Gasteiger charge is -2.14. The van der Waals surface area contributed by atoms with Crippen LogP contribution in [0.25, 0.3) is 22.6 Å². The molecule has 136 valence electrons. The zero-order chi connectivity index (χ0) is 19.0. The zero-order valence-electron chi connectivity index (χ0n) is 15.4. The molecule has 0 bridgehead atoms. The number of phenols is 1. The SMILES string of the molecule is CC(C)OC(=O)c1c2c(nc3ccccc13)C(=Cc1ccc(O)cc1)CC2. The first kappa shape index (κ1) is 17.3. The van der Waals surface area contributed by atoms with Crippen LogP contribution < -0.4 is 0 Å². The molecule has 4 nitrogen and oxygen atoms in total. The molecule has 0 saturated carbocycles. The van der Waals surface area contributed by atoms with Crippen molar-refractivity contribution in [3.05, 3.63) is 70.9 Å². The van der Waals surface area contributed by atoms with E-state index in [0.717, 1.165) is 46.1 Å². The van der Waals surface area contributed by atoms with Gasteiger partial charge in [-0.1, -0.05) is 30.3 Å². The Morgan fingerprint density at radius 3 is 2.59 bits per heavy atom. The molecule has 0 amide bonds. The van der Waals surface area contributed by atoms with Gasteiger partial charge < -0.3 is 9.84 Å². The van der Waals surface area contributed by atoms with E-state index in [1.807, 2.05) is 50.2 Å². The molecule has 4 rings (SSSR count). The summed E-state index contributed by atoms with van der Waals surface area (Å²) in [7, 11) is 0. The van der Waals surface area contributed by atoms with Crippen LogP contribution in [0.2, 0.25) is 0 Å². The van der Waals surface area contributed by atoms with E-state index in [2.05, 4.69) is 6.08 Å². The summed E-state index contributed by atoms with van der Waals surface area (Å²) in [4.78, 5) is 17.7. The summed E-state index contributed by atoms with van der Waals surface area (Å²) in [5.74, 6) is -0.0439. The number of fused-ring (bicyclic) bond motifs is 2. The summed E-state index contributed by atoms with van der Waals surface area (Å²) >= 11 is 0. The van der Waals surface area contributed by atoms with Crippen molar-refractivity contribution in [3.8, 4) is 5.75 Å². The van der Waals surface area contributed by atoms with Crippen LogP contribution in [-0.2, 0) is 11.2 Å². The number of aromatic nitrogens is 1. The maximum absolute atomic E-state index is 12.8. The fourth-order valence-electron chi connectivity index (χ4n) is 3.56. The van der Waals surface area contributed by atoms with Gasteiger partial charge in [0.25, 0.3) is 0 Å². The number of pyridine rings is 1. The molecule has 27 heavy (non-hydrogen) atoms. The number of benzene rings is 2. The fraction of sp³-hybridized carbons (Fsp3) is 0.217. The maximum atomic E-state index is 12.8. The summed E-state index contributed by atoms with van der Waals surface area (Å²) < 4.78 is 5.52. The number of ether oxygens (including phenoxy) is 1. The third kappa shape index (κ3) is 3.31. The second-order valence-electron chi connectivity index (χ2n) is 7.05. The minimum atomic E-state index is -0.286. The lowest BCUT2D eigenvalue weighted by molar-refractivity contribution is 0.0379. The van der Waals surface area contributed by atoms with Crippen LogP contribution in [0.1, 0.15) is 47.4 Å². The Hall–Kier alpha value is -3.14. The Morgan fingerprint density at radius 2 is 1.85 bits per heavy atom. The predicted octanol–water partition coefficient (Wildman–Crippen LogP) is 4.99. The van der Waals surface area contributed by atoms with Gasteiger partial charge in [0.2, 0.25) is 0 Å². The summed E-state index contributed by atoms with van der Waals surface area (Å²) in [6, 6.07) is 14.8. The molecule has 1 aromatic heterocycles. The topological polar surface area (TPSA) is 59.4 Å². The maximum Gasteiger partial charge on any atom is 0.339 e. The number of carbonyl (C=O) groups excluding carboxylic acids is 1. The second kappa shape index (κ2) is 6.88. The average molecular weight is 359 g/mol. The Morgan fingerprint density at radius 1 is 1.11 bits per heavy atom. The van der Waals surface area contributed by atoms with E-state index >= 15 is 0 Å². The van der Waals surface area contributed by atoms with Gasteiger partial charge in [0.1, 0.15) is 5.75 Å². The minimum absolute atomic E-state index is 0.173. The number of esters is 1. The first-order valence-electron chi connectivity index (χ1n) is 9.15. The first-order chi connectivity index (χ1) is 13.0. The first-order valence-corrected chi connectivity index (χ1v) is 9.15. The highest BCUT2D eigenvalue weighted by molar-refractivity contribution is 6.07. The van der Waals surface area contributed by atoms with Crippen LogP contribution in [0.5, 0.6) is 5.75 Å². The van der Waals surface area contributed by atoms with Crippen molar-refractivity contribution in [1.29, 1.82) is 0 Å². The van der Waals surface area contributed by atoms with E-state index < -0.39 is 0 Å².